The van der Waals surface area contributed by atoms with Gasteiger partial charge in [-0.05, 0) is 70.7 Å². The summed E-state index contributed by atoms with van der Waals surface area (Å²) in [6, 6.07) is 35.5. The number of ketones is 2. The van der Waals surface area contributed by atoms with E-state index in [2.05, 4.69) is 16.0 Å². The molecule has 0 saturated carbocycles. The van der Waals surface area contributed by atoms with Crippen LogP contribution in [0, 0.1) is 11.8 Å². The van der Waals surface area contributed by atoms with Crippen LogP contribution in [0.5, 0.6) is 5.75 Å². The molecule has 1 aromatic heterocycles. The Hall–Kier alpha value is -5.91. The lowest BCUT2D eigenvalue weighted by atomic mass is 9.89. The van der Waals surface area contributed by atoms with Crippen molar-refractivity contribution >= 4 is 40.6 Å². The summed E-state index contributed by atoms with van der Waals surface area (Å²) in [4.78, 5) is 70.8. The van der Waals surface area contributed by atoms with Crippen molar-refractivity contribution in [2.45, 2.75) is 50.6 Å². The van der Waals surface area contributed by atoms with Gasteiger partial charge >= 0.3 is 0 Å². The molecule has 0 saturated heterocycles. The molecule has 11 heteroatoms. The molecule has 3 heterocycles. The summed E-state index contributed by atoms with van der Waals surface area (Å²) in [5.41, 5.74) is 4.37. The van der Waals surface area contributed by atoms with Gasteiger partial charge in [0.25, 0.3) is 0 Å². The molecule has 2 bridgehead atoms. The number of nitrogens with one attached hydrogen (secondary N) is 3. The number of benzene rings is 4. The maximum atomic E-state index is 14.5. The van der Waals surface area contributed by atoms with E-state index in [1.807, 2.05) is 102 Å². The van der Waals surface area contributed by atoms with Gasteiger partial charge in [0.15, 0.2) is 11.6 Å². The smallest absolute Gasteiger partial charge is 0.243 e. The Morgan fingerprint density at radius 1 is 0.684 bits per heavy atom. The van der Waals surface area contributed by atoms with Crippen LogP contribution in [-0.2, 0) is 49.7 Å². The zero-order valence-corrected chi connectivity index (χ0v) is 32.4. The fourth-order valence-corrected chi connectivity index (χ4v) is 7.75. The minimum Gasteiger partial charge on any atom is -0.486 e. The molecule has 294 valence electrons. The van der Waals surface area contributed by atoms with Crippen molar-refractivity contribution in [1.29, 1.82) is 0 Å². The van der Waals surface area contributed by atoms with E-state index in [0.29, 0.717) is 12.2 Å². The third-order valence-electron chi connectivity index (χ3n) is 10.0. The first-order valence-corrected chi connectivity index (χ1v) is 20.1. The third kappa shape index (κ3) is 12.0. The van der Waals surface area contributed by atoms with E-state index in [9.17, 15) is 29.1 Å². The van der Waals surface area contributed by atoms with Gasteiger partial charge in [0, 0.05) is 42.5 Å². The summed E-state index contributed by atoms with van der Waals surface area (Å²) >= 11 is 1.48. The number of ether oxygens (including phenoxy) is 1. The van der Waals surface area contributed by atoms with E-state index in [4.69, 9.17) is 4.74 Å². The molecule has 0 unspecified atom stereocenters. The summed E-state index contributed by atoms with van der Waals surface area (Å²) < 4.78 is 5.83. The Bertz CT molecular complexity index is 2090. The summed E-state index contributed by atoms with van der Waals surface area (Å²) in [6.07, 6.45) is 0.464. The molecule has 0 radical (unpaired) electrons. The van der Waals surface area contributed by atoms with Crippen LogP contribution in [0.4, 0.5) is 0 Å². The minimum atomic E-state index is -1.11. The Kier molecular flexibility index (Phi) is 14.5. The SMILES string of the molecule is O=C1COc2ccc(cc2)C[C@@H](C(=O)NCCO)CC(=O)[C@H](Cc2ccccc2)NC(=O)[C@H](Cc2ccc(-c3ccccc3)cc2)NC(=O)[C@H](Cc2cccs2)C1. The van der Waals surface area contributed by atoms with Crippen molar-refractivity contribution in [2.75, 3.05) is 19.8 Å². The van der Waals surface area contributed by atoms with E-state index in [1.54, 1.807) is 24.3 Å². The van der Waals surface area contributed by atoms with Gasteiger partial charge in [0.2, 0.25) is 17.7 Å². The first kappa shape index (κ1) is 40.7. The van der Waals surface area contributed by atoms with E-state index in [-0.39, 0.29) is 63.4 Å². The van der Waals surface area contributed by atoms with Gasteiger partial charge in [0.05, 0.1) is 12.6 Å². The number of Topliss-reactive ketones (excluding diaryl/α,β-unsaturated/α-hetero) is 2. The van der Waals surface area contributed by atoms with Gasteiger partial charge in [-0.2, -0.15) is 0 Å². The fourth-order valence-electron chi connectivity index (χ4n) is 6.97. The number of carbonyl (C=O) groups is 5. The predicted molar refractivity (Wildman–Crippen MR) is 220 cm³/mol. The molecule has 2 aliphatic rings. The molecular weight excluding hydrogens is 739 g/mol. The highest BCUT2D eigenvalue weighted by Gasteiger charge is 2.33. The summed E-state index contributed by atoms with van der Waals surface area (Å²) in [7, 11) is 0. The number of hydrogen-bond donors (Lipinski definition) is 4. The maximum absolute atomic E-state index is 14.5. The largest absolute Gasteiger partial charge is 0.486 e. The molecule has 4 aromatic carbocycles. The molecule has 3 amide bonds. The monoisotopic (exact) mass is 785 g/mol. The quantitative estimate of drug-likeness (QED) is 0.150. The number of carbonyl (C=O) groups excluding carboxylic acids is 5. The Labute approximate surface area is 336 Å². The van der Waals surface area contributed by atoms with Crippen molar-refractivity contribution in [3.05, 3.63) is 148 Å². The van der Waals surface area contributed by atoms with Gasteiger partial charge in [-0.3, -0.25) is 24.0 Å². The van der Waals surface area contributed by atoms with Crippen molar-refractivity contribution < 1.29 is 33.8 Å². The van der Waals surface area contributed by atoms with Gasteiger partial charge in [-0.15, -0.1) is 11.3 Å². The lowest BCUT2D eigenvalue weighted by Gasteiger charge is -2.26. The van der Waals surface area contributed by atoms with Crippen molar-refractivity contribution in [1.82, 2.24) is 16.0 Å². The van der Waals surface area contributed by atoms with Gasteiger partial charge < -0.3 is 25.8 Å². The molecule has 7 rings (SSSR count). The number of amides is 3. The second-order valence-corrected chi connectivity index (χ2v) is 15.4. The highest BCUT2D eigenvalue weighted by Crippen LogP contribution is 2.23. The first-order chi connectivity index (χ1) is 27.7. The normalized spacial score (nSPS) is 19.7. The average Bonchev–Trinajstić information content (AvgIpc) is 3.75. The fraction of sp³-hybridized carbons (Fsp3) is 0.283. The highest BCUT2D eigenvalue weighted by molar-refractivity contribution is 7.09. The molecule has 4 atom stereocenters. The van der Waals surface area contributed by atoms with E-state index >= 15 is 0 Å². The number of rotatable bonds is 10. The lowest BCUT2D eigenvalue weighted by molar-refractivity contribution is -0.135. The van der Waals surface area contributed by atoms with Crippen LogP contribution in [0.2, 0.25) is 0 Å². The van der Waals surface area contributed by atoms with Crippen LogP contribution in [0.15, 0.2) is 127 Å². The van der Waals surface area contributed by atoms with Gasteiger partial charge in [-0.1, -0.05) is 103 Å². The molecule has 2 aliphatic heterocycles. The lowest BCUT2D eigenvalue weighted by Crippen LogP contribution is -2.54. The molecule has 57 heavy (non-hydrogen) atoms. The molecule has 5 aromatic rings. The summed E-state index contributed by atoms with van der Waals surface area (Å²) in [5.74, 6) is -3.23. The first-order valence-electron chi connectivity index (χ1n) is 19.2. The van der Waals surface area contributed by atoms with Crippen molar-refractivity contribution in [2.24, 2.45) is 11.8 Å². The zero-order chi connectivity index (χ0) is 40.0. The number of thiophene rings is 1. The van der Waals surface area contributed by atoms with E-state index in [0.717, 1.165) is 32.7 Å². The standard InChI is InChI=1S/C46H47N3O7S/c50-22-21-47-44(53)36-24-32-15-19-39(20-16-32)56-30-38(51)27-37(28-40-12-7-23-57-40)45(54)49-42(26-33-13-17-35(18-14-33)34-10-5-2-6-11-34)46(55)48-41(43(52)29-36)25-31-8-3-1-4-9-31/h1-20,23,36-37,41-42,50H,21-22,24-30H2,(H,47,53)(H,48,55)(H,49,54)/t36-,37+,41+,42+/m1/s1. The summed E-state index contributed by atoms with van der Waals surface area (Å²) in [5, 5.41) is 20.0. The zero-order valence-electron chi connectivity index (χ0n) is 31.6. The second-order valence-electron chi connectivity index (χ2n) is 14.3. The predicted octanol–water partition coefficient (Wildman–Crippen LogP) is 5.31. The molecule has 10 nitrogen and oxygen atoms in total. The van der Waals surface area contributed by atoms with Crippen molar-refractivity contribution in [3.63, 3.8) is 0 Å². The highest BCUT2D eigenvalue weighted by atomic mass is 32.1. The van der Waals surface area contributed by atoms with Crippen LogP contribution < -0.4 is 20.7 Å². The Morgan fingerprint density at radius 3 is 2.02 bits per heavy atom. The van der Waals surface area contributed by atoms with Crippen LogP contribution >= 0.6 is 11.3 Å². The topological polar surface area (TPSA) is 151 Å². The second kappa shape index (κ2) is 20.3. The van der Waals surface area contributed by atoms with Crippen LogP contribution in [0.25, 0.3) is 11.1 Å². The van der Waals surface area contributed by atoms with Gasteiger partial charge in [0.1, 0.15) is 18.4 Å². The van der Waals surface area contributed by atoms with Crippen molar-refractivity contribution in [3.8, 4) is 16.9 Å². The summed E-state index contributed by atoms with van der Waals surface area (Å²) in [6.45, 7) is -0.497. The number of fused-ring (bicyclic) bond motifs is 16. The van der Waals surface area contributed by atoms with Crippen LogP contribution in [-0.4, -0.2) is 66.2 Å². The third-order valence-corrected chi connectivity index (χ3v) is 10.9. The minimum absolute atomic E-state index is 0.0235. The van der Waals surface area contributed by atoms with Crippen LogP contribution in [0.3, 0.4) is 0 Å². The van der Waals surface area contributed by atoms with E-state index < -0.39 is 41.6 Å². The molecule has 0 aliphatic carbocycles. The Balaban J connectivity index is 1.35. The molecule has 0 spiro atoms. The maximum Gasteiger partial charge on any atom is 0.243 e. The van der Waals surface area contributed by atoms with E-state index in [1.165, 1.54) is 11.3 Å². The van der Waals surface area contributed by atoms with Crippen LogP contribution in [0.1, 0.15) is 34.4 Å². The Morgan fingerprint density at radius 2 is 1.33 bits per heavy atom. The number of aliphatic hydroxyl groups excluding tert-OH is 1. The molecule has 0 fully saturated rings. The van der Waals surface area contributed by atoms with Gasteiger partial charge in [-0.25, -0.2) is 0 Å². The number of aliphatic hydroxyl groups is 1. The molecular formula is C46H47N3O7S. The average molecular weight is 786 g/mol. The number of hydrogen-bond acceptors (Lipinski definition) is 8. The molecule has 4 N–H and O–H groups in total.